The summed E-state index contributed by atoms with van der Waals surface area (Å²) >= 11 is 17.7. The topological polar surface area (TPSA) is 102 Å². The predicted octanol–water partition coefficient (Wildman–Crippen LogP) is 5.03. The van der Waals surface area contributed by atoms with Gasteiger partial charge >= 0.3 is 5.97 Å². The van der Waals surface area contributed by atoms with Crippen molar-refractivity contribution in [2.45, 2.75) is 4.90 Å². The summed E-state index contributed by atoms with van der Waals surface area (Å²) in [6, 6.07) is 16.4. The summed E-state index contributed by atoms with van der Waals surface area (Å²) in [5.41, 5.74) is 0.672. The molecule has 0 aromatic heterocycles. The molecule has 0 saturated heterocycles. The van der Waals surface area contributed by atoms with Crippen LogP contribution in [0.5, 0.6) is 5.75 Å². The number of carbonyl (C=O) groups is 2. The van der Waals surface area contributed by atoms with Gasteiger partial charge in [-0.15, -0.1) is 0 Å². The average Bonchev–Trinajstić information content (AvgIpc) is 2.84. The van der Waals surface area contributed by atoms with Crippen molar-refractivity contribution >= 4 is 68.1 Å². The van der Waals surface area contributed by atoms with Gasteiger partial charge in [-0.2, -0.15) is 0 Å². The number of benzene rings is 3. The zero-order valence-electron chi connectivity index (χ0n) is 18.2. The number of ether oxygens (including phenoxy) is 2. The molecule has 0 atom stereocenters. The first-order valence-electron chi connectivity index (χ1n) is 9.94. The number of amides is 1. The second-order valence-corrected chi connectivity index (χ2v) is 10.3. The van der Waals surface area contributed by atoms with Gasteiger partial charge < -0.3 is 14.8 Å². The molecule has 1 amide bonds. The van der Waals surface area contributed by atoms with Crippen LogP contribution in [0.25, 0.3) is 0 Å². The van der Waals surface area contributed by atoms with Gasteiger partial charge in [0.2, 0.25) is 0 Å². The molecule has 3 aromatic carbocycles. The molecule has 0 unspecified atom stereocenters. The summed E-state index contributed by atoms with van der Waals surface area (Å²) < 4.78 is 36.9. The number of nitrogens with zero attached hydrogens (tertiary/aromatic N) is 1. The number of anilines is 2. The van der Waals surface area contributed by atoms with Crippen molar-refractivity contribution in [2.75, 3.05) is 29.9 Å². The molecule has 0 fully saturated rings. The molecule has 0 bridgehead atoms. The maximum atomic E-state index is 12.8. The van der Waals surface area contributed by atoms with Crippen molar-refractivity contribution in [3.63, 3.8) is 0 Å². The van der Waals surface area contributed by atoms with E-state index >= 15 is 0 Å². The lowest BCUT2D eigenvalue weighted by Gasteiger charge is -2.20. The normalized spacial score (nSPS) is 11.0. The van der Waals surface area contributed by atoms with Crippen LogP contribution in [0.2, 0.25) is 15.1 Å². The summed E-state index contributed by atoms with van der Waals surface area (Å²) in [7, 11) is -2.37. The Hall–Kier alpha value is -2.98. The van der Waals surface area contributed by atoms with E-state index in [1.807, 2.05) is 0 Å². The molecule has 35 heavy (non-hydrogen) atoms. The summed E-state index contributed by atoms with van der Waals surface area (Å²) in [6.07, 6.45) is 0. The van der Waals surface area contributed by atoms with E-state index < -0.39 is 35.1 Å². The summed E-state index contributed by atoms with van der Waals surface area (Å²) in [6.45, 7) is -0.999. The lowest BCUT2D eigenvalue weighted by atomic mass is 10.3. The van der Waals surface area contributed by atoms with Gasteiger partial charge in [-0.1, -0.05) is 34.8 Å². The molecule has 0 radical (unpaired) electrons. The Morgan fingerprint density at radius 2 is 1.51 bits per heavy atom. The zero-order chi connectivity index (χ0) is 25.6. The SMILES string of the molecule is CN(c1ccc(OCC(=O)OCC(=O)Nc2cc(Cl)ccc2Cl)cc1)S(=O)(=O)c1ccc(Cl)cc1. The monoisotopic (exact) mass is 556 g/mol. The van der Waals surface area contributed by atoms with Crippen LogP contribution in [0.1, 0.15) is 0 Å². The molecule has 8 nitrogen and oxygen atoms in total. The first kappa shape index (κ1) is 26.6. The Balaban J connectivity index is 1.49. The van der Waals surface area contributed by atoms with E-state index in [0.29, 0.717) is 27.2 Å². The van der Waals surface area contributed by atoms with E-state index in [-0.39, 0.29) is 9.92 Å². The van der Waals surface area contributed by atoms with Gasteiger partial charge in [0.15, 0.2) is 13.2 Å². The lowest BCUT2D eigenvalue weighted by Crippen LogP contribution is -2.26. The molecule has 184 valence electrons. The van der Waals surface area contributed by atoms with E-state index in [1.165, 1.54) is 67.7 Å². The maximum absolute atomic E-state index is 12.8. The molecule has 0 aliphatic rings. The molecule has 0 saturated carbocycles. The number of rotatable bonds is 9. The molecular formula is C23H19Cl3N2O6S. The van der Waals surface area contributed by atoms with Crippen LogP contribution >= 0.6 is 34.8 Å². The minimum absolute atomic E-state index is 0.0918. The van der Waals surface area contributed by atoms with Crippen molar-refractivity contribution in [2.24, 2.45) is 0 Å². The Morgan fingerprint density at radius 3 is 2.17 bits per heavy atom. The van der Waals surface area contributed by atoms with Crippen LogP contribution in [-0.4, -0.2) is 40.6 Å². The molecule has 0 aliphatic carbocycles. The van der Waals surface area contributed by atoms with Crippen molar-refractivity contribution in [3.05, 3.63) is 81.8 Å². The number of sulfonamides is 1. The van der Waals surface area contributed by atoms with Gasteiger partial charge in [0, 0.05) is 17.1 Å². The Morgan fingerprint density at radius 1 is 0.886 bits per heavy atom. The first-order chi connectivity index (χ1) is 16.6. The number of carbonyl (C=O) groups excluding carboxylic acids is 2. The highest BCUT2D eigenvalue weighted by atomic mass is 35.5. The number of nitrogens with one attached hydrogen (secondary N) is 1. The third-order valence-corrected chi connectivity index (χ3v) is 7.21. The van der Waals surface area contributed by atoms with Crippen molar-refractivity contribution in [1.29, 1.82) is 0 Å². The van der Waals surface area contributed by atoms with Gasteiger partial charge in [0.1, 0.15) is 5.75 Å². The number of halogens is 3. The van der Waals surface area contributed by atoms with Crippen LogP contribution in [0, 0.1) is 0 Å². The molecule has 0 heterocycles. The van der Waals surface area contributed by atoms with Crippen LogP contribution in [-0.2, 0) is 24.3 Å². The standard InChI is InChI=1S/C23H19Cl3N2O6S/c1-28(35(31,32)19-9-2-15(24)3-10-19)17-5-7-18(8-6-17)33-14-23(30)34-13-22(29)27-21-12-16(25)4-11-20(21)26/h2-12H,13-14H2,1H3,(H,27,29). The largest absolute Gasteiger partial charge is 0.482 e. The van der Waals surface area contributed by atoms with Gasteiger partial charge in [-0.3, -0.25) is 9.10 Å². The average molecular weight is 558 g/mol. The van der Waals surface area contributed by atoms with E-state index in [9.17, 15) is 18.0 Å². The van der Waals surface area contributed by atoms with Crippen LogP contribution < -0.4 is 14.4 Å². The molecule has 12 heteroatoms. The van der Waals surface area contributed by atoms with Crippen LogP contribution in [0.4, 0.5) is 11.4 Å². The molecule has 1 N–H and O–H groups in total. The van der Waals surface area contributed by atoms with Gasteiger partial charge in [0.25, 0.3) is 15.9 Å². The second kappa shape index (κ2) is 11.6. The van der Waals surface area contributed by atoms with Crippen molar-refractivity contribution < 1.29 is 27.5 Å². The van der Waals surface area contributed by atoms with Crippen molar-refractivity contribution in [3.8, 4) is 5.75 Å². The minimum atomic E-state index is -3.78. The number of esters is 1. The zero-order valence-corrected chi connectivity index (χ0v) is 21.3. The lowest BCUT2D eigenvalue weighted by molar-refractivity contribution is -0.149. The van der Waals surface area contributed by atoms with Crippen LogP contribution in [0.3, 0.4) is 0 Å². The minimum Gasteiger partial charge on any atom is -0.482 e. The van der Waals surface area contributed by atoms with E-state index in [2.05, 4.69) is 5.32 Å². The predicted molar refractivity (Wildman–Crippen MR) is 135 cm³/mol. The van der Waals surface area contributed by atoms with Crippen molar-refractivity contribution in [1.82, 2.24) is 0 Å². The maximum Gasteiger partial charge on any atom is 0.344 e. The quantitative estimate of drug-likeness (QED) is 0.370. The fraction of sp³-hybridized carbons (Fsp3) is 0.130. The van der Waals surface area contributed by atoms with E-state index in [4.69, 9.17) is 44.3 Å². The Labute approximate surface area is 217 Å². The molecule has 3 rings (SSSR count). The fourth-order valence-corrected chi connectivity index (χ4v) is 4.42. The molecule has 0 aliphatic heterocycles. The van der Waals surface area contributed by atoms with Crippen LogP contribution in [0.15, 0.2) is 71.6 Å². The smallest absolute Gasteiger partial charge is 0.344 e. The highest BCUT2D eigenvalue weighted by molar-refractivity contribution is 7.92. The fourth-order valence-electron chi connectivity index (χ4n) is 2.77. The first-order valence-corrected chi connectivity index (χ1v) is 12.5. The van der Waals surface area contributed by atoms with Gasteiger partial charge in [-0.05, 0) is 66.7 Å². The van der Waals surface area contributed by atoms with E-state index in [0.717, 1.165) is 4.31 Å². The van der Waals surface area contributed by atoms with Gasteiger partial charge in [-0.25, -0.2) is 13.2 Å². The third kappa shape index (κ3) is 7.25. The highest BCUT2D eigenvalue weighted by Gasteiger charge is 2.21. The number of hydrogen-bond donors (Lipinski definition) is 1. The second-order valence-electron chi connectivity index (χ2n) is 7.04. The summed E-state index contributed by atoms with van der Waals surface area (Å²) in [5, 5.41) is 3.59. The molecule has 0 spiro atoms. The summed E-state index contributed by atoms with van der Waals surface area (Å²) in [4.78, 5) is 24.0. The van der Waals surface area contributed by atoms with Gasteiger partial charge in [0.05, 0.1) is 21.3 Å². The number of hydrogen-bond acceptors (Lipinski definition) is 6. The van der Waals surface area contributed by atoms with E-state index in [1.54, 1.807) is 6.07 Å². The Kier molecular flexibility index (Phi) is 8.85. The third-order valence-electron chi connectivity index (χ3n) is 4.60. The summed E-state index contributed by atoms with van der Waals surface area (Å²) in [5.74, 6) is -1.07. The highest BCUT2D eigenvalue weighted by Crippen LogP contribution is 2.26. The molecule has 3 aromatic rings. The molecular weight excluding hydrogens is 539 g/mol. The Bertz CT molecular complexity index is 1320.